The molecule has 0 aromatic heterocycles. The maximum Gasteiger partial charge on any atom is 0.410 e. The third-order valence-corrected chi connectivity index (χ3v) is 6.48. The van der Waals surface area contributed by atoms with Crippen LogP contribution in [0.2, 0.25) is 0 Å². The first-order valence-electron chi connectivity index (χ1n) is 11.8. The molecule has 2 saturated heterocycles. The highest BCUT2D eigenvalue weighted by atomic mass is 127. The van der Waals surface area contributed by atoms with Crippen LogP contribution in [0.5, 0.6) is 0 Å². The Morgan fingerprint density at radius 2 is 1.85 bits per heavy atom. The molecular weight excluding hydrogens is 533 g/mol. The van der Waals surface area contributed by atoms with Crippen LogP contribution in [-0.4, -0.2) is 84.5 Å². The van der Waals surface area contributed by atoms with Crippen LogP contribution in [0.3, 0.4) is 0 Å². The van der Waals surface area contributed by atoms with Gasteiger partial charge in [-0.05, 0) is 57.2 Å². The first-order chi connectivity index (χ1) is 15.3. The van der Waals surface area contributed by atoms with E-state index in [1.165, 1.54) is 11.3 Å². The molecule has 4 rings (SSSR count). The molecule has 2 N–H and O–H groups in total. The van der Waals surface area contributed by atoms with Crippen LogP contribution in [0.15, 0.2) is 29.3 Å². The molecule has 0 bridgehead atoms. The van der Waals surface area contributed by atoms with Crippen molar-refractivity contribution >= 4 is 41.7 Å². The van der Waals surface area contributed by atoms with E-state index in [9.17, 15) is 9.90 Å². The maximum atomic E-state index is 12.4. The molecule has 0 aliphatic carbocycles. The SMILES string of the molecule is CC(C)(C)OC(=O)N1CCN2C(NCc3ccc(N4CCC(CO)CC4)cc3)=NCC2C1.I. The van der Waals surface area contributed by atoms with E-state index in [4.69, 9.17) is 9.73 Å². The Labute approximate surface area is 214 Å². The third kappa shape index (κ3) is 6.65. The van der Waals surface area contributed by atoms with Crippen LogP contribution in [-0.2, 0) is 11.3 Å². The number of piperidine rings is 1. The number of ether oxygens (including phenoxy) is 1. The number of guanidine groups is 1. The fraction of sp³-hybridized carbons (Fsp3) is 0.667. The molecule has 3 aliphatic rings. The highest BCUT2D eigenvalue weighted by molar-refractivity contribution is 14.0. The summed E-state index contributed by atoms with van der Waals surface area (Å²) < 4.78 is 5.52. The first kappa shape index (κ1) is 25.9. The number of aliphatic hydroxyl groups excluding tert-OH is 1. The summed E-state index contributed by atoms with van der Waals surface area (Å²) in [4.78, 5) is 23.6. The number of anilines is 1. The van der Waals surface area contributed by atoms with E-state index in [0.29, 0.717) is 32.2 Å². The summed E-state index contributed by atoms with van der Waals surface area (Å²) >= 11 is 0. The summed E-state index contributed by atoms with van der Waals surface area (Å²) in [6.07, 6.45) is 1.88. The Hall–Kier alpha value is -1.75. The number of amides is 1. The van der Waals surface area contributed by atoms with Crippen LogP contribution in [0.1, 0.15) is 39.2 Å². The average molecular weight is 572 g/mol. The number of benzene rings is 1. The zero-order valence-corrected chi connectivity index (χ0v) is 22.3. The van der Waals surface area contributed by atoms with Gasteiger partial charge in [0.05, 0.1) is 12.6 Å². The van der Waals surface area contributed by atoms with Crippen molar-refractivity contribution in [2.45, 2.75) is 51.8 Å². The molecule has 1 amide bonds. The fourth-order valence-corrected chi connectivity index (χ4v) is 4.60. The van der Waals surface area contributed by atoms with Crippen LogP contribution in [0.4, 0.5) is 10.5 Å². The standard InChI is InChI=1S/C24H37N5O3.HI/c1-24(2,3)32-23(31)28-12-13-29-21(16-28)15-26-22(29)25-14-18-4-6-20(7-5-18)27-10-8-19(17-30)9-11-27;/h4-7,19,21,30H,8-17H2,1-3H3,(H,25,26);1H. The van der Waals surface area contributed by atoms with Gasteiger partial charge in [-0.25, -0.2) is 4.79 Å². The number of nitrogens with one attached hydrogen (secondary N) is 1. The lowest BCUT2D eigenvalue weighted by Gasteiger charge is -2.39. The first-order valence-corrected chi connectivity index (χ1v) is 11.8. The van der Waals surface area contributed by atoms with Gasteiger partial charge in [0.1, 0.15) is 5.60 Å². The quantitative estimate of drug-likeness (QED) is 0.542. The monoisotopic (exact) mass is 571 g/mol. The number of nitrogens with zero attached hydrogens (tertiary/aromatic N) is 4. The summed E-state index contributed by atoms with van der Waals surface area (Å²) in [6.45, 7) is 11.5. The van der Waals surface area contributed by atoms with E-state index < -0.39 is 5.60 Å². The Morgan fingerprint density at radius 3 is 2.48 bits per heavy atom. The summed E-state index contributed by atoms with van der Waals surface area (Å²) in [5, 5.41) is 12.8. The minimum Gasteiger partial charge on any atom is -0.444 e. The minimum absolute atomic E-state index is 0. The summed E-state index contributed by atoms with van der Waals surface area (Å²) in [5.74, 6) is 1.38. The Morgan fingerprint density at radius 1 is 1.15 bits per heavy atom. The Kier molecular flexibility index (Phi) is 8.71. The van der Waals surface area contributed by atoms with Crippen molar-refractivity contribution in [2.24, 2.45) is 10.9 Å². The van der Waals surface area contributed by atoms with Crippen molar-refractivity contribution in [3.8, 4) is 0 Å². The van der Waals surface area contributed by atoms with Crippen molar-refractivity contribution in [2.75, 3.05) is 50.8 Å². The van der Waals surface area contributed by atoms with Gasteiger partial charge in [0.2, 0.25) is 0 Å². The molecule has 184 valence electrons. The average Bonchev–Trinajstić information content (AvgIpc) is 3.19. The second-order valence-electron chi connectivity index (χ2n) is 10.1. The molecule has 8 nitrogen and oxygen atoms in total. The summed E-state index contributed by atoms with van der Waals surface area (Å²) in [6, 6.07) is 8.94. The van der Waals surface area contributed by atoms with Crippen molar-refractivity contribution in [1.29, 1.82) is 0 Å². The largest absolute Gasteiger partial charge is 0.444 e. The van der Waals surface area contributed by atoms with E-state index in [-0.39, 0.29) is 36.1 Å². The van der Waals surface area contributed by atoms with Gasteiger partial charge in [0.15, 0.2) is 5.96 Å². The number of hydrogen-bond donors (Lipinski definition) is 2. The topological polar surface area (TPSA) is 80.6 Å². The molecule has 1 unspecified atom stereocenters. The van der Waals surface area contributed by atoms with Crippen LogP contribution in [0, 0.1) is 5.92 Å². The highest BCUT2D eigenvalue weighted by Gasteiger charge is 2.36. The van der Waals surface area contributed by atoms with E-state index in [2.05, 4.69) is 39.4 Å². The number of hydrogen-bond acceptors (Lipinski definition) is 7. The van der Waals surface area contributed by atoms with Crippen molar-refractivity contribution in [1.82, 2.24) is 15.1 Å². The lowest BCUT2D eigenvalue weighted by molar-refractivity contribution is 0.0137. The lowest BCUT2D eigenvalue weighted by atomic mass is 9.97. The molecule has 3 heterocycles. The highest BCUT2D eigenvalue weighted by Crippen LogP contribution is 2.24. The Bertz CT molecular complexity index is 818. The predicted molar refractivity (Wildman–Crippen MR) is 141 cm³/mol. The fourth-order valence-electron chi connectivity index (χ4n) is 4.60. The van der Waals surface area contributed by atoms with Gasteiger partial charge < -0.3 is 29.9 Å². The predicted octanol–water partition coefficient (Wildman–Crippen LogP) is 2.89. The number of piperazine rings is 1. The summed E-state index contributed by atoms with van der Waals surface area (Å²) in [7, 11) is 0. The number of fused-ring (bicyclic) bond motifs is 1. The van der Waals surface area contributed by atoms with Crippen LogP contribution >= 0.6 is 24.0 Å². The minimum atomic E-state index is -0.474. The maximum absolute atomic E-state index is 12.4. The number of carbonyl (C=O) groups is 1. The number of rotatable bonds is 4. The molecule has 1 aromatic carbocycles. The number of carbonyl (C=O) groups excluding carboxylic acids is 1. The molecule has 1 aromatic rings. The van der Waals surface area contributed by atoms with Crippen LogP contribution < -0.4 is 10.2 Å². The molecule has 0 spiro atoms. The van der Waals surface area contributed by atoms with Gasteiger partial charge in [-0.3, -0.25) is 4.99 Å². The van der Waals surface area contributed by atoms with Crippen molar-refractivity contribution in [3.63, 3.8) is 0 Å². The molecule has 9 heteroatoms. The van der Waals surface area contributed by atoms with Crippen LogP contribution in [0.25, 0.3) is 0 Å². The van der Waals surface area contributed by atoms with Gasteiger partial charge in [-0.15, -0.1) is 24.0 Å². The molecule has 3 aliphatic heterocycles. The zero-order valence-electron chi connectivity index (χ0n) is 20.0. The Balaban J connectivity index is 0.00000306. The van der Waals surface area contributed by atoms with Gasteiger partial charge in [0, 0.05) is 51.6 Å². The lowest BCUT2D eigenvalue weighted by Crippen LogP contribution is -2.57. The zero-order chi connectivity index (χ0) is 22.7. The van der Waals surface area contributed by atoms with E-state index in [1.54, 1.807) is 4.90 Å². The van der Waals surface area contributed by atoms with E-state index in [1.807, 2.05) is 20.8 Å². The van der Waals surface area contributed by atoms with E-state index in [0.717, 1.165) is 45.0 Å². The van der Waals surface area contributed by atoms with Gasteiger partial charge in [0.25, 0.3) is 0 Å². The molecule has 0 radical (unpaired) electrons. The van der Waals surface area contributed by atoms with Crippen molar-refractivity contribution < 1.29 is 14.6 Å². The smallest absolute Gasteiger partial charge is 0.410 e. The van der Waals surface area contributed by atoms with Gasteiger partial charge in [-0.1, -0.05) is 12.1 Å². The molecule has 2 fully saturated rings. The second-order valence-corrected chi connectivity index (χ2v) is 10.1. The molecule has 0 saturated carbocycles. The normalized spacial score (nSPS) is 21.3. The molecule has 1 atom stereocenters. The number of halogens is 1. The van der Waals surface area contributed by atoms with Gasteiger partial charge in [-0.2, -0.15) is 0 Å². The molecular formula is C24H38IN5O3. The van der Waals surface area contributed by atoms with E-state index >= 15 is 0 Å². The van der Waals surface area contributed by atoms with Crippen molar-refractivity contribution in [3.05, 3.63) is 29.8 Å². The number of aliphatic hydroxyl groups is 1. The summed E-state index contributed by atoms with van der Waals surface area (Å²) in [5.41, 5.74) is 2.00. The van der Waals surface area contributed by atoms with Gasteiger partial charge >= 0.3 is 6.09 Å². The third-order valence-electron chi connectivity index (χ3n) is 6.48. The number of aliphatic imine (C=N–C) groups is 1. The molecule has 33 heavy (non-hydrogen) atoms. The second kappa shape index (κ2) is 11.1.